The summed E-state index contributed by atoms with van der Waals surface area (Å²) in [4.78, 5) is 11.7. The first-order chi connectivity index (χ1) is 8.58. The lowest BCUT2D eigenvalue weighted by Crippen LogP contribution is -2.05. The molecular formula is C13H13ClO2S2. The highest BCUT2D eigenvalue weighted by Crippen LogP contribution is 2.38. The van der Waals surface area contributed by atoms with E-state index in [-0.39, 0.29) is 11.7 Å². The van der Waals surface area contributed by atoms with Crippen LogP contribution < -0.4 is 0 Å². The smallest absolute Gasteiger partial charge is 0.304 e. The van der Waals surface area contributed by atoms with Gasteiger partial charge in [0.15, 0.2) is 0 Å². The third-order valence-electron chi connectivity index (χ3n) is 2.56. The maximum absolute atomic E-state index is 10.6. The van der Waals surface area contributed by atoms with Crippen LogP contribution in [0.25, 0.3) is 10.1 Å². The monoisotopic (exact) mass is 300 g/mol. The number of hydrogen-bond acceptors (Lipinski definition) is 3. The zero-order valence-electron chi connectivity index (χ0n) is 9.85. The van der Waals surface area contributed by atoms with Crippen LogP contribution in [0.15, 0.2) is 24.3 Å². The van der Waals surface area contributed by atoms with Crippen molar-refractivity contribution in [2.45, 2.75) is 24.3 Å². The Bertz CT molecular complexity index is 565. The Kier molecular flexibility index (Phi) is 4.54. The Labute approximate surface area is 119 Å². The van der Waals surface area contributed by atoms with E-state index in [4.69, 9.17) is 16.7 Å². The molecule has 1 unspecified atom stereocenters. The Morgan fingerprint density at radius 3 is 2.89 bits per heavy atom. The molecule has 1 atom stereocenters. The molecule has 0 aliphatic heterocycles. The van der Waals surface area contributed by atoms with Gasteiger partial charge < -0.3 is 5.11 Å². The van der Waals surface area contributed by atoms with Crippen molar-refractivity contribution in [1.29, 1.82) is 0 Å². The zero-order valence-corrected chi connectivity index (χ0v) is 12.2. The number of rotatable bonds is 5. The lowest BCUT2D eigenvalue weighted by atomic mass is 10.2. The lowest BCUT2D eigenvalue weighted by Gasteiger charge is -2.07. The molecule has 1 aromatic carbocycles. The van der Waals surface area contributed by atoms with Crippen LogP contribution in [-0.2, 0) is 10.5 Å². The van der Waals surface area contributed by atoms with Crippen molar-refractivity contribution in [1.82, 2.24) is 0 Å². The molecule has 0 saturated carbocycles. The highest BCUT2D eigenvalue weighted by Gasteiger charge is 2.13. The standard InChI is InChI=1S/C13H13ClO2S2/c1-8(6-12(15)16)17-7-11-13(14)9-4-2-3-5-10(9)18-11/h2-5,8H,6-7H2,1H3,(H,15,16). The van der Waals surface area contributed by atoms with E-state index in [9.17, 15) is 4.79 Å². The predicted octanol–water partition coefficient (Wildman–Crippen LogP) is 4.65. The molecule has 5 heteroatoms. The Hall–Kier alpha value is -0.710. The van der Waals surface area contributed by atoms with E-state index in [2.05, 4.69) is 6.07 Å². The molecule has 0 saturated heterocycles. The second-order valence-corrected chi connectivity index (χ2v) is 7.00. The van der Waals surface area contributed by atoms with Crippen molar-refractivity contribution in [3.05, 3.63) is 34.2 Å². The van der Waals surface area contributed by atoms with Gasteiger partial charge in [0.2, 0.25) is 0 Å². The summed E-state index contributed by atoms with van der Waals surface area (Å²) in [5, 5.41) is 10.7. The van der Waals surface area contributed by atoms with E-state index >= 15 is 0 Å². The van der Waals surface area contributed by atoms with Crippen molar-refractivity contribution < 1.29 is 9.90 Å². The molecule has 18 heavy (non-hydrogen) atoms. The summed E-state index contributed by atoms with van der Waals surface area (Å²) >= 11 is 9.64. The summed E-state index contributed by atoms with van der Waals surface area (Å²) in [5.74, 6) is 0.0181. The SMILES string of the molecule is CC(CC(=O)O)SCc1sc2ccccc2c1Cl. The molecule has 0 bridgehead atoms. The van der Waals surface area contributed by atoms with Crippen LogP contribution in [0.5, 0.6) is 0 Å². The third-order valence-corrected chi connectivity index (χ3v) is 5.65. The third kappa shape index (κ3) is 3.19. The second kappa shape index (κ2) is 5.95. The number of fused-ring (bicyclic) bond motifs is 1. The van der Waals surface area contributed by atoms with Gasteiger partial charge in [0, 0.05) is 26.0 Å². The minimum absolute atomic E-state index is 0.101. The number of carbonyl (C=O) groups is 1. The Morgan fingerprint density at radius 2 is 2.22 bits per heavy atom. The van der Waals surface area contributed by atoms with Crippen LogP contribution >= 0.6 is 34.7 Å². The van der Waals surface area contributed by atoms with Crippen LogP contribution in [0, 0.1) is 0 Å². The fourth-order valence-corrected chi connectivity index (χ4v) is 4.34. The number of thiophene rings is 1. The maximum Gasteiger partial charge on any atom is 0.304 e. The van der Waals surface area contributed by atoms with Crippen LogP contribution in [0.4, 0.5) is 0 Å². The van der Waals surface area contributed by atoms with Crippen molar-refractivity contribution in [2.75, 3.05) is 0 Å². The van der Waals surface area contributed by atoms with Gasteiger partial charge in [-0.1, -0.05) is 36.7 Å². The maximum atomic E-state index is 10.6. The van der Waals surface area contributed by atoms with E-state index in [0.29, 0.717) is 0 Å². The van der Waals surface area contributed by atoms with E-state index in [1.54, 1.807) is 23.1 Å². The number of carboxylic acid groups (broad SMARTS) is 1. The number of carboxylic acids is 1. The van der Waals surface area contributed by atoms with Gasteiger partial charge in [-0.15, -0.1) is 11.3 Å². The van der Waals surface area contributed by atoms with Gasteiger partial charge in [-0.25, -0.2) is 0 Å². The fourth-order valence-electron chi connectivity index (χ4n) is 1.68. The summed E-state index contributed by atoms with van der Waals surface area (Å²) in [7, 11) is 0. The van der Waals surface area contributed by atoms with Crippen LogP contribution in [0.3, 0.4) is 0 Å². The minimum Gasteiger partial charge on any atom is -0.481 e. The molecule has 2 aromatic rings. The molecule has 1 aromatic heterocycles. The van der Waals surface area contributed by atoms with Gasteiger partial charge in [-0.05, 0) is 6.07 Å². The van der Waals surface area contributed by atoms with Crippen molar-refractivity contribution in [3.8, 4) is 0 Å². The van der Waals surface area contributed by atoms with Gasteiger partial charge >= 0.3 is 5.97 Å². The molecule has 0 aliphatic carbocycles. The first-order valence-corrected chi connectivity index (χ1v) is 7.81. The normalized spacial score (nSPS) is 12.8. The quantitative estimate of drug-likeness (QED) is 0.873. The number of halogens is 1. The van der Waals surface area contributed by atoms with Crippen LogP contribution in [0.1, 0.15) is 18.2 Å². The molecule has 96 valence electrons. The average molecular weight is 301 g/mol. The van der Waals surface area contributed by atoms with E-state index < -0.39 is 5.97 Å². The predicted molar refractivity (Wildman–Crippen MR) is 79.8 cm³/mol. The molecule has 2 rings (SSSR count). The molecule has 1 N–H and O–H groups in total. The summed E-state index contributed by atoms with van der Waals surface area (Å²) in [6, 6.07) is 8.05. The molecule has 0 amide bonds. The molecular weight excluding hydrogens is 288 g/mol. The molecule has 0 aliphatic rings. The molecule has 0 spiro atoms. The van der Waals surface area contributed by atoms with E-state index in [1.807, 2.05) is 25.1 Å². The summed E-state index contributed by atoms with van der Waals surface area (Å²) in [6.45, 7) is 1.93. The summed E-state index contributed by atoms with van der Waals surface area (Å²) in [5.41, 5.74) is 0. The Morgan fingerprint density at radius 1 is 1.50 bits per heavy atom. The summed E-state index contributed by atoms with van der Waals surface area (Å²) in [6.07, 6.45) is 0.188. The highest BCUT2D eigenvalue weighted by molar-refractivity contribution is 7.99. The van der Waals surface area contributed by atoms with Gasteiger partial charge in [0.05, 0.1) is 11.4 Å². The second-order valence-electron chi connectivity index (χ2n) is 4.05. The van der Waals surface area contributed by atoms with Gasteiger partial charge in [0.25, 0.3) is 0 Å². The number of hydrogen-bond donors (Lipinski definition) is 1. The van der Waals surface area contributed by atoms with Crippen molar-refractivity contribution in [3.63, 3.8) is 0 Å². The highest BCUT2D eigenvalue weighted by atomic mass is 35.5. The van der Waals surface area contributed by atoms with Gasteiger partial charge in [0.1, 0.15) is 0 Å². The molecule has 0 fully saturated rings. The van der Waals surface area contributed by atoms with Crippen LogP contribution in [-0.4, -0.2) is 16.3 Å². The topological polar surface area (TPSA) is 37.3 Å². The van der Waals surface area contributed by atoms with E-state index in [0.717, 1.165) is 21.0 Å². The van der Waals surface area contributed by atoms with Crippen LogP contribution in [0.2, 0.25) is 5.02 Å². The molecule has 2 nitrogen and oxygen atoms in total. The number of aliphatic carboxylic acids is 1. The summed E-state index contributed by atoms with van der Waals surface area (Å²) < 4.78 is 1.18. The lowest BCUT2D eigenvalue weighted by molar-refractivity contribution is -0.136. The van der Waals surface area contributed by atoms with Gasteiger partial charge in [-0.2, -0.15) is 11.8 Å². The zero-order chi connectivity index (χ0) is 13.1. The first-order valence-electron chi connectivity index (χ1n) is 5.57. The van der Waals surface area contributed by atoms with Crippen molar-refractivity contribution >= 4 is 50.8 Å². The van der Waals surface area contributed by atoms with Gasteiger partial charge in [-0.3, -0.25) is 4.79 Å². The average Bonchev–Trinajstić information content (AvgIpc) is 2.64. The molecule has 0 radical (unpaired) electrons. The van der Waals surface area contributed by atoms with Crippen molar-refractivity contribution in [2.24, 2.45) is 0 Å². The van der Waals surface area contributed by atoms with E-state index in [1.165, 1.54) is 4.70 Å². The number of benzene rings is 1. The molecule has 1 heterocycles. The first kappa shape index (κ1) is 13.7. The Balaban J connectivity index is 2.08. The fraction of sp³-hybridized carbons (Fsp3) is 0.308. The number of thioether (sulfide) groups is 1. The largest absolute Gasteiger partial charge is 0.481 e. The minimum atomic E-state index is -0.752.